The second-order valence-electron chi connectivity index (χ2n) is 7.23. The number of carbonyl (C=O) groups excluding carboxylic acids is 1. The normalized spacial score (nSPS) is 11.7. The molecule has 2 heterocycles. The number of hydrogen-bond donors (Lipinski definition) is 2. The van der Waals surface area contributed by atoms with Crippen molar-refractivity contribution >= 4 is 22.5 Å². The van der Waals surface area contributed by atoms with Crippen LogP contribution in [-0.4, -0.2) is 20.9 Å². The van der Waals surface area contributed by atoms with Crippen molar-refractivity contribution in [2.24, 2.45) is 0 Å². The van der Waals surface area contributed by atoms with Crippen LogP contribution in [0.15, 0.2) is 30.6 Å². The SMILES string of the molecule is Cc1cc(C)c2cc(C(=O)Nc3cnc(C(C)(C)C)nc3)[nH]c2c1. The molecule has 2 N–H and O–H groups in total. The molecule has 0 bridgehead atoms. The van der Waals surface area contributed by atoms with E-state index in [1.165, 1.54) is 5.56 Å². The lowest BCUT2D eigenvalue weighted by Gasteiger charge is -2.16. The zero-order valence-electron chi connectivity index (χ0n) is 14.7. The molecule has 0 radical (unpaired) electrons. The first-order chi connectivity index (χ1) is 11.2. The van der Waals surface area contributed by atoms with Crippen molar-refractivity contribution in [1.82, 2.24) is 15.0 Å². The van der Waals surface area contributed by atoms with E-state index in [-0.39, 0.29) is 11.3 Å². The van der Waals surface area contributed by atoms with E-state index in [9.17, 15) is 4.79 Å². The van der Waals surface area contributed by atoms with Gasteiger partial charge in [0, 0.05) is 16.3 Å². The van der Waals surface area contributed by atoms with E-state index in [4.69, 9.17) is 0 Å². The third-order valence-corrected chi connectivity index (χ3v) is 3.91. The zero-order valence-corrected chi connectivity index (χ0v) is 14.7. The van der Waals surface area contributed by atoms with Gasteiger partial charge in [-0.2, -0.15) is 0 Å². The van der Waals surface area contributed by atoms with Crippen molar-refractivity contribution < 1.29 is 4.79 Å². The molecule has 1 aromatic carbocycles. The summed E-state index contributed by atoms with van der Waals surface area (Å²) in [5, 5.41) is 3.90. The zero-order chi connectivity index (χ0) is 17.5. The Kier molecular flexibility index (Phi) is 3.87. The predicted octanol–water partition coefficient (Wildman–Crippen LogP) is 4.12. The Morgan fingerprint density at radius 2 is 1.75 bits per heavy atom. The Morgan fingerprint density at radius 1 is 1.08 bits per heavy atom. The lowest BCUT2D eigenvalue weighted by Crippen LogP contribution is -2.17. The second-order valence-corrected chi connectivity index (χ2v) is 7.23. The summed E-state index contributed by atoms with van der Waals surface area (Å²) in [6.45, 7) is 10.2. The van der Waals surface area contributed by atoms with Crippen molar-refractivity contribution in [2.45, 2.75) is 40.0 Å². The van der Waals surface area contributed by atoms with E-state index in [2.05, 4.69) is 47.1 Å². The smallest absolute Gasteiger partial charge is 0.272 e. The van der Waals surface area contributed by atoms with Crippen molar-refractivity contribution in [3.63, 3.8) is 0 Å². The number of hydrogen-bond acceptors (Lipinski definition) is 3. The predicted molar refractivity (Wildman–Crippen MR) is 96.5 cm³/mol. The Balaban J connectivity index is 1.83. The molecule has 0 atom stereocenters. The van der Waals surface area contributed by atoms with Gasteiger partial charge in [-0.1, -0.05) is 26.8 Å². The van der Waals surface area contributed by atoms with Crippen LogP contribution in [-0.2, 0) is 5.41 Å². The molecule has 1 amide bonds. The molecule has 0 saturated carbocycles. The van der Waals surface area contributed by atoms with E-state index >= 15 is 0 Å². The van der Waals surface area contributed by atoms with Crippen LogP contribution >= 0.6 is 0 Å². The highest BCUT2D eigenvalue weighted by atomic mass is 16.1. The van der Waals surface area contributed by atoms with Gasteiger partial charge in [-0.15, -0.1) is 0 Å². The number of aryl methyl sites for hydroxylation is 2. The Morgan fingerprint density at radius 3 is 2.38 bits per heavy atom. The van der Waals surface area contributed by atoms with Crippen molar-refractivity contribution in [1.29, 1.82) is 0 Å². The van der Waals surface area contributed by atoms with Gasteiger partial charge in [0.2, 0.25) is 0 Å². The summed E-state index contributed by atoms with van der Waals surface area (Å²) in [6, 6.07) is 6.03. The minimum atomic E-state index is -0.199. The van der Waals surface area contributed by atoms with Gasteiger partial charge in [0.15, 0.2) is 0 Å². The maximum atomic E-state index is 12.5. The molecule has 5 nitrogen and oxygen atoms in total. The highest BCUT2D eigenvalue weighted by molar-refractivity contribution is 6.06. The molecule has 124 valence electrons. The molecule has 2 aromatic heterocycles. The molecule has 5 heteroatoms. The number of fused-ring (bicyclic) bond motifs is 1. The van der Waals surface area contributed by atoms with Crippen molar-refractivity contribution in [3.8, 4) is 0 Å². The standard InChI is InChI=1S/C19H22N4O/c1-11-6-12(2)14-8-16(23-15(14)7-11)17(24)22-13-9-20-18(21-10-13)19(3,4)5/h6-10,23H,1-5H3,(H,22,24). The minimum absolute atomic E-state index is 0.116. The summed E-state index contributed by atoms with van der Waals surface area (Å²) < 4.78 is 0. The Hall–Kier alpha value is -2.69. The molecule has 0 fully saturated rings. The van der Waals surface area contributed by atoms with Crippen molar-refractivity contribution in [2.75, 3.05) is 5.32 Å². The molecule has 24 heavy (non-hydrogen) atoms. The number of anilines is 1. The van der Waals surface area contributed by atoms with Gasteiger partial charge in [0.1, 0.15) is 11.5 Å². The molecular formula is C19H22N4O. The lowest BCUT2D eigenvalue weighted by molar-refractivity contribution is 0.102. The molecule has 0 saturated heterocycles. The van der Waals surface area contributed by atoms with Gasteiger partial charge >= 0.3 is 0 Å². The number of nitrogens with one attached hydrogen (secondary N) is 2. The number of amides is 1. The average molecular weight is 322 g/mol. The first-order valence-electron chi connectivity index (χ1n) is 7.98. The number of rotatable bonds is 2. The summed E-state index contributed by atoms with van der Waals surface area (Å²) in [5.41, 5.74) is 4.28. The highest BCUT2D eigenvalue weighted by Crippen LogP contribution is 2.22. The fraction of sp³-hybridized carbons (Fsp3) is 0.316. The van der Waals surface area contributed by atoms with Crippen LogP contribution < -0.4 is 5.32 Å². The summed E-state index contributed by atoms with van der Waals surface area (Å²) in [6.07, 6.45) is 3.28. The molecule has 0 spiro atoms. The third-order valence-electron chi connectivity index (χ3n) is 3.91. The monoisotopic (exact) mass is 322 g/mol. The Labute approximate surface area is 141 Å². The van der Waals surface area contributed by atoms with Crippen LogP contribution in [0.4, 0.5) is 5.69 Å². The van der Waals surface area contributed by atoms with Crippen LogP contribution in [0.25, 0.3) is 10.9 Å². The van der Waals surface area contributed by atoms with E-state index in [1.807, 2.05) is 26.0 Å². The molecule has 0 aliphatic rings. The summed E-state index contributed by atoms with van der Waals surface area (Å²) >= 11 is 0. The van der Waals surface area contributed by atoms with Crippen molar-refractivity contribution in [3.05, 3.63) is 53.2 Å². The molecule has 0 aliphatic heterocycles. The average Bonchev–Trinajstić information content (AvgIpc) is 2.91. The molecule has 0 aliphatic carbocycles. The Bertz CT molecular complexity index is 902. The van der Waals surface area contributed by atoms with Crippen LogP contribution in [0, 0.1) is 13.8 Å². The number of aromatic amines is 1. The van der Waals surface area contributed by atoms with Crippen LogP contribution in [0.3, 0.4) is 0 Å². The first-order valence-corrected chi connectivity index (χ1v) is 7.98. The quantitative estimate of drug-likeness (QED) is 0.745. The fourth-order valence-electron chi connectivity index (χ4n) is 2.70. The van der Waals surface area contributed by atoms with Gasteiger partial charge in [0.05, 0.1) is 18.1 Å². The second kappa shape index (κ2) is 5.74. The largest absolute Gasteiger partial charge is 0.351 e. The minimum Gasteiger partial charge on any atom is -0.351 e. The highest BCUT2D eigenvalue weighted by Gasteiger charge is 2.17. The topological polar surface area (TPSA) is 70.7 Å². The summed E-state index contributed by atoms with van der Waals surface area (Å²) in [4.78, 5) is 24.3. The van der Waals surface area contributed by atoms with Gasteiger partial charge < -0.3 is 10.3 Å². The third kappa shape index (κ3) is 3.15. The van der Waals surface area contributed by atoms with Gasteiger partial charge in [0.25, 0.3) is 5.91 Å². The molecular weight excluding hydrogens is 300 g/mol. The van der Waals surface area contributed by atoms with Gasteiger partial charge in [-0.3, -0.25) is 4.79 Å². The van der Waals surface area contributed by atoms with E-state index in [0.717, 1.165) is 22.3 Å². The molecule has 0 unspecified atom stereocenters. The van der Waals surface area contributed by atoms with Gasteiger partial charge in [-0.25, -0.2) is 9.97 Å². The number of carbonyl (C=O) groups is 1. The number of aromatic nitrogens is 3. The molecule has 3 aromatic rings. The van der Waals surface area contributed by atoms with Crippen LogP contribution in [0.5, 0.6) is 0 Å². The summed E-state index contributed by atoms with van der Waals surface area (Å²) in [7, 11) is 0. The number of benzene rings is 1. The maximum absolute atomic E-state index is 12.5. The first kappa shape index (κ1) is 16.2. The lowest BCUT2D eigenvalue weighted by atomic mass is 9.96. The summed E-state index contributed by atoms with van der Waals surface area (Å²) in [5.74, 6) is 0.549. The fourth-order valence-corrected chi connectivity index (χ4v) is 2.70. The van der Waals surface area contributed by atoms with Crippen LogP contribution in [0.2, 0.25) is 0 Å². The van der Waals surface area contributed by atoms with Crippen LogP contribution in [0.1, 0.15) is 48.2 Å². The van der Waals surface area contributed by atoms with Gasteiger partial charge in [-0.05, 0) is 37.1 Å². The van der Waals surface area contributed by atoms with E-state index in [1.54, 1.807) is 12.4 Å². The maximum Gasteiger partial charge on any atom is 0.272 e. The van der Waals surface area contributed by atoms with E-state index < -0.39 is 0 Å². The van der Waals surface area contributed by atoms with E-state index in [0.29, 0.717) is 11.4 Å². The number of H-pyrrole nitrogens is 1. The molecule has 3 rings (SSSR count). The number of nitrogens with zero attached hydrogens (tertiary/aromatic N) is 2.